The molecule has 5 nitrogen and oxygen atoms in total. The zero-order valence-corrected chi connectivity index (χ0v) is 10.3. The van der Waals surface area contributed by atoms with Crippen LogP contribution in [0, 0.1) is 0 Å². The molecule has 0 saturated carbocycles. The first-order valence-corrected chi connectivity index (χ1v) is 6.41. The van der Waals surface area contributed by atoms with E-state index in [0.717, 1.165) is 32.2 Å². The number of hydrogen-bond acceptors (Lipinski definition) is 2. The summed E-state index contributed by atoms with van der Waals surface area (Å²) in [6, 6.07) is -0.454. The largest absolute Gasteiger partial charge is 0.480 e. The number of amides is 2. The number of nitrogens with zero attached hydrogens (tertiary/aromatic N) is 2. The number of carboxylic acid groups (broad SMARTS) is 1. The standard InChI is InChI=1S/C12H20N2O3/c1-9-5-2-3-7-13(9)12(17)14-8-4-6-10(14)11(15)16/h9-10H,2-8H2,1H3,(H,15,16)/t9?,10-/m0/s1. The number of piperidine rings is 1. The predicted molar refractivity (Wildman–Crippen MR) is 62.8 cm³/mol. The number of rotatable bonds is 1. The molecule has 1 N–H and O–H groups in total. The average molecular weight is 240 g/mol. The third kappa shape index (κ3) is 2.37. The Morgan fingerprint density at radius 1 is 1.06 bits per heavy atom. The molecule has 2 heterocycles. The molecule has 0 aromatic carbocycles. The van der Waals surface area contributed by atoms with Gasteiger partial charge in [0.05, 0.1) is 0 Å². The summed E-state index contributed by atoms with van der Waals surface area (Å²) in [5, 5.41) is 9.08. The van der Waals surface area contributed by atoms with Gasteiger partial charge < -0.3 is 14.9 Å². The first kappa shape index (κ1) is 12.2. The van der Waals surface area contributed by atoms with Crippen LogP contribution in [-0.4, -0.2) is 52.1 Å². The summed E-state index contributed by atoms with van der Waals surface area (Å²) in [5.41, 5.74) is 0. The number of likely N-dealkylation sites (tertiary alicyclic amines) is 2. The van der Waals surface area contributed by atoms with Gasteiger partial charge in [-0.2, -0.15) is 0 Å². The van der Waals surface area contributed by atoms with Gasteiger partial charge in [0.2, 0.25) is 0 Å². The van der Waals surface area contributed by atoms with E-state index < -0.39 is 12.0 Å². The first-order valence-electron chi connectivity index (χ1n) is 6.41. The summed E-state index contributed by atoms with van der Waals surface area (Å²) in [4.78, 5) is 26.8. The molecule has 2 aliphatic heterocycles. The molecule has 0 aromatic rings. The predicted octanol–water partition coefficient (Wildman–Crippen LogP) is 1.53. The summed E-state index contributed by atoms with van der Waals surface area (Å²) >= 11 is 0. The number of carboxylic acids is 1. The van der Waals surface area contributed by atoms with Gasteiger partial charge in [0.1, 0.15) is 6.04 Å². The molecule has 2 fully saturated rings. The lowest BCUT2D eigenvalue weighted by Gasteiger charge is -2.37. The molecule has 17 heavy (non-hydrogen) atoms. The summed E-state index contributed by atoms with van der Waals surface area (Å²) in [6.07, 6.45) is 4.60. The van der Waals surface area contributed by atoms with Crippen LogP contribution in [0.25, 0.3) is 0 Å². The Kier molecular flexibility index (Phi) is 3.54. The zero-order chi connectivity index (χ0) is 12.4. The summed E-state index contributed by atoms with van der Waals surface area (Å²) in [5.74, 6) is -0.875. The van der Waals surface area contributed by atoms with Crippen LogP contribution in [0.5, 0.6) is 0 Å². The number of hydrogen-bond donors (Lipinski definition) is 1. The van der Waals surface area contributed by atoms with Crippen molar-refractivity contribution in [1.82, 2.24) is 9.80 Å². The van der Waals surface area contributed by atoms with Crippen LogP contribution in [0.2, 0.25) is 0 Å². The molecule has 2 rings (SSSR count). The fraction of sp³-hybridized carbons (Fsp3) is 0.833. The molecule has 0 radical (unpaired) electrons. The molecular weight excluding hydrogens is 220 g/mol. The third-order valence-electron chi connectivity index (χ3n) is 3.83. The minimum atomic E-state index is -0.875. The summed E-state index contributed by atoms with van der Waals surface area (Å²) in [6.45, 7) is 3.39. The van der Waals surface area contributed by atoms with Crippen LogP contribution in [0.15, 0.2) is 0 Å². The lowest BCUT2D eigenvalue weighted by Crippen LogP contribution is -2.52. The normalized spacial score (nSPS) is 29.5. The van der Waals surface area contributed by atoms with E-state index in [-0.39, 0.29) is 12.1 Å². The Labute approximate surface area is 101 Å². The number of carbonyl (C=O) groups excluding carboxylic acids is 1. The second-order valence-corrected chi connectivity index (χ2v) is 5.01. The zero-order valence-electron chi connectivity index (χ0n) is 10.3. The van der Waals surface area contributed by atoms with Crippen LogP contribution in [0.1, 0.15) is 39.0 Å². The van der Waals surface area contributed by atoms with E-state index in [1.54, 1.807) is 0 Å². The Morgan fingerprint density at radius 2 is 1.76 bits per heavy atom. The highest BCUT2D eigenvalue weighted by Gasteiger charge is 2.37. The van der Waals surface area contributed by atoms with Gasteiger partial charge in [-0.05, 0) is 39.0 Å². The Hall–Kier alpha value is -1.26. The van der Waals surface area contributed by atoms with Gasteiger partial charge in [0.15, 0.2) is 0 Å². The fourth-order valence-corrected chi connectivity index (χ4v) is 2.80. The molecule has 0 bridgehead atoms. The quantitative estimate of drug-likeness (QED) is 0.756. The second kappa shape index (κ2) is 4.94. The average Bonchev–Trinajstić information content (AvgIpc) is 2.77. The first-order chi connectivity index (χ1) is 8.11. The monoisotopic (exact) mass is 240 g/mol. The van der Waals surface area contributed by atoms with Gasteiger partial charge in [-0.25, -0.2) is 9.59 Å². The smallest absolute Gasteiger partial charge is 0.326 e. The van der Waals surface area contributed by atoms with E-state index in [0.29, 0.717) is 13.0 Å². The van der Waals surface area contributed by atoms with Crippen molar-refractivity contribution in [2.75, 3.05) is 13.1 Å². The highest BCUT2D eigenvalue weighted by molar-refractivity contribution is 5.83. The minimum Gasteiger partial charge on any atom is -0.480 e. The molecule has 0 aromatic heterocycles. The molecule has 0 aliphatic carbocycles. The minimum absolute atomic E-state index is 0.0814. The maximum Gasteiger partial charge on any atom is 0.326 e. The molecule has 2 amide bonds. The van der Waals surface area contributed by atoms with E-state index in [4.69, 9.17) is 5.11 Å². The van der Waals surface area contributed by atoms with Gasteiger partial charge in [-0.15, -0.1) is 0 Å². The summed E-state index contributed by atoms with van der Waals surface area (Å²) in [7, 11) is 0. The Morgan fingerprint density at radius 3 is 2.41 bits per heavy atom. The maximum atomic E-state index is 12.3. The van der Waals surface area contributed by atoms with Crippen LogP contribution in [0.4, 0.5) is 4.79 Å². The lowest BCUT2D eigenvalue weighted by molar-refractivity contribution is -0.141. The molecule has 2 atom stereocenters. The number of carbonyl (C=O) groups is 2. The van der Waals surface area contributed by atoms with E-state index in [1.807, 2.05) is 11.8 Å². The van der Waals surface area contributed by atoms with Crippen molar-refractivity contribution >= 4 is 12.0 Å². The van der Waals surface area contributed by atoms with E-state index >= 15 is 0 Å². The molecule has 2 aliphatic rings. The topological polar surface area (TPSA) is 60.9 Å². The van der Waals surface area contributed by atoms with Crippen molar-refractivity contribution in [3.05, 3.63) is 0 Å². The van der Waals surface area contributed by atoms with Crippen molar-refractivity contribution in [3.63, 3.8) is 0 Å². The van der Waals surface area contributed by atoms with E-state index in [9.17, 15) is 9.59 Å². The molecular formula is C12H20N2O3. The van der Waals surface area contributed by atoms with Crippen LogP contribution in [0.3, 0.4) is 0 Å². The SMILES string of the molecule is CC1CCCCN1C(=O)N1CCC[C@H]1C(=O)O. The van der Waals surface area contributed by atoms with Crippen LogP contribution < -0.4 is 0 Å². The molecule has 5 heteroatoms. The molecule has 0 spiro atoms. The van der Waals surface area contributed by atoms with E-state index in [1.165, 1.54) is 4.90 Å². The Bertz CT molecular complexity index is 319. The van der Waals surface area contributed by atoms with Gasteiger partial charge in [0.25, 0.3) is 0 Å². The lowest BCUT2D eigenvalue weighted by atomic mass is 10.0. The van der Waals surface area contributed by atoms with Gasteiger partial charge in [-0.1, -0.05) is 0 Å². The van der Waals surface area contributed by atoms with Crippen LogP contribution in [-0.2, 0) is 4.79 Å². The number of urea groups is 1. The van der Waals surface area contributed by atoms with Gasteiger partial charge >= 0.3 is 12.0 Å². The number of aliphatic carboxylic acids is 1. The van der Waals surface area contributed by atoms with Crippen molar-refractivity contribution < 1.29 is 14.7 Å². The fourth-order valence-electron chi connectivity index (χ4n) is 2.80. The summed E-state index contributed by atoms with van der Waals surface area (Å²) < 4.78 is 0. The van der Waals surface area contributed by atoms with Crippen molar-refractivity contribution in [1.29, 1.82) is 0 Å². The molecule has 1 unspecified atom stereocenters. The molecule has 2 saturated heterocycles. The van der Waals surface area contributed by atoms with Crippen molar-refractivity contribution in [2.24, 2.45) is 0 Å². The van der Waals surface area contributed by atoms with E-state index in [2.05, 4.69) is 0 Å². The van der Waals surface area contributed by atoms with Crippen LogP contribution >= 0.6 is 0 Å². The third-order valence-corrected chi connectivity index (χ3v) is 3.83. The van der Waals surface area contributed by atoms with Gasteiger partial charge in [0, 0.05) is 19.1 Å². The highest BCUT2D eigenvalue weighted by Crippen LogP contribution is 2.23. The van der Waals surface area contributed by atoms with Crippen molar-refractivity contribution in [3.8, 4) is 0 Å². The molecule has 96 valence electrons. The second-order valence-electron chi connectivity index (χ2n) is 5.01. The van der Waals surface area contributed by atoms with Crippen molar-refractivity contribution in [2.45, 2.75) is 51.1 Å². The Balaban J connectivity index is 2.05. The maximum absolute atomic E-state index is 12.3. The van der Waals surface area contributed by atoms with Gasteiger partial charge in [-0.3, -0.25) is 0 Å². The highest BCUT2D eigenvalue weighted by atomic mass is 16.4.